The standard InChI is InChI=1S/C11H10N2OS/c12-11(15)7-14-10-3-1-2-8-6-13-5-4-9(8)10/h1-6H,7H2,(H2,12,15). The summed E-state index contributed by atoms with van der Waals surface area (Å²) in [4.78, 5) is 4.39. The van der Waals surface area contributed by atoms with Gasteiger partial charge in [0, 0.05) is 23.2 Å². The molecule has 2 rings (SSSR count). The summed E-state index contributed by atoms with van der Waals surface area (Å²) in [7, 11) is 0. The fourth-order valence-corrected chi connectivity index (χ4v) is 1.43. The van der Waals surface area contributed by atoms with E-state index in [1.54, 1.807) is 12.4 Å². The Labute approximate surface area is 92.9 Å². The molecular formula is C11H10N2OS. The Kier molecular flexibility index (Phi) is 2.78. The fourth-order valence-electron chi connectivity index (χ4n) is 1.37. The largest absolute Gasteiger partial charge is 0.486 e. The summed E-state index contributed by atoms with van der Waals surface area (Å²) in [5.74, 6) is 0.780. The van der Waals surface area contributed by atoms with Crippen LogP contribution in [0.4, 0.5) is 0 Å². The van der Waals surface area contributed by atoms with E-state index >= 15 is 0 Å². The Morgan fingerprint density at radius 3 is 3.07 bits per heavy atom. The average Bonchev–Trinajstić information content (AvgIpc) is 2.26. The number of hydrogen-bond acceptors (Lipinski definition) is 3. The first kappa shape index (κ1) is 9.86. The van der Waals surface area contributed by atoms with Gasteiger partial charge in [0.2, 0.25) is 0 Å². The van der Waals surface area contributed by atoms with Crippen LogP contribution in [0.3, 0.4) is 0 Å². The van der Waals surface area contributed by atoms with Crippen LogP contribution in [0.25, 0.3) is 10.8 Å². The Balaban J connectivity index is 2.38. The second kappa shape index (κ2) is 4.23. The third-order valence-electron chi connectivity index (χ3n) is 2.01. The predicted molar refractivity (Wildman–Crippen MR) is 64.0 cm³/mol. The van der Waals surface area contributed by atoms with Crippen LogP contribution in [-0.4, -0.2) is 16.6 Å². The lowest BCUT2D eigenvalue weighted by Gasteiger charge is -2.07. The van der Waals surface area contributed by atoms with Crippen molar-refractivity contribution in [1.29, 1.82) is 0 Å². The molecule has 0 radical (unpaired) electrons. The highest BCUT2D eigenvalue weighted by Crippen LogP contribution is 2.24. The van der Waals surface area contributed by atoms with E-state index in [-0.39, 0.29) is 6.61 Å². The van der Waals surface area contributed by atoms with Gasteiger partial charge in [-0.05, 0) is 12.1 Å². The lowest BCUT2D eigenvalue weighted by atomic mass is 10.1. The van der Waals surface area contributed by atoms with Gasteiger partial charge < -0.3 is 10.5 Å². The molecule has 0 aliphatic rings. The number of thiocarbonyl (C=S) groups is 1. The van der Waals surface area contributed by atoms with E-state index in [0.29, 0.717) is 4.99 Å². The van der Waals surface area contributed by atoms with Gasteiger partial charge in [-0.25, -0.2) is 0 Å². The quantitative estimate of drug-likeness (QED) is 0.799. The van der Waals surface area contributed by atoms with Crippen LogP contribution in [-0.2, 0) is 0 Å². The molecule has 0 aliphatic carbocycles. The zero-order valence-corrected chi connectivity index (χ0v) is 8.83. The zero-order chi connectivity index (χ0) is 10.7. The van der Waals surface area contributed by atoms with E-state index in [2.05, 4.69) is 4.98 Å². The second-order valence-electron chi connectivity index (χ2n) is 3.11. The molecule has 0 unspecified atom stereocenters. The monoisotopic (exact) mass is 218 g/mol. The molecule has 15 heavy (non-hydrogen) atoms. The van der Waals surface area contributed by atoms with E-state index < -0.39 is 0 Å². The third-order valence-corrected chi connectivity index (χ3v) is 2.13. The lowest BCUT2D eigenvalue weighted by Crippen LogP contribution is -2.17. The summed E-state index contributed by atoms with van der Waals surface area (Å²) < 4.78 is 5.49. The minimum atomic E-state index is 0.261. The lowest BCUT2D eigenvalue weighted by molar-refractivity contribution is 0.382. The van der Waals surface area contributed by atoms with Crippen molar-refractivity contribution < 1.29 is 4.74 Å². The van der Waals surface area contributed by atoms with Gasteiger partial charge in [0.25, 0.3) is 0 Å². The van der Waals surface area contributed by atoms with Gasteiger partial charge in [0.05, 0.1) is 0 Å². The minimum absolute atomic E-state index is 0.261. The van der Waals surface area contributed by atoms with Gasteiger partial charge in [0.1, 0.15) is 17.3 Å². The van der Waals surface area contributed by atoms with Crippen LogP contribution >= 0.6 is 12.2 Å². The zero-order valence-electron chi connectivity index (χ0n) is 8.01. The number of ether oxygens (including phenoxy) is 1. The topological polar surface area (TPSA) is 48.1 Å². The molecule has 0 amide bonds. The van der Waals surface area contributed by atoms with Crippen molar-refractivity contribution in [1.82, 2.24) is 4.98 Å². The maximum Gasteiger partial charge on any atom is 0.138 e. The molecule has 2 aromatic rings. The molecule has 4 heteroatoms. The first-order valence-corrected chi connectivity index (χ1v) is 4.92. The van der Waals surface area contributed by atoms with Gasteiger partial charge in [-0.2, -0.15) is 0 Å². The number of aromatic nitrogens is 1. The highest BCUT2D eigenvalue weighted by atomic mass is 32.1. The number of hydrogen-bond donors (Lipinski definition) is 1. The van der Waals surface area contributed by atoms with Crippen molar-refractivity contribution in [2.75, 3.05) is 6.61 Å². The second-order valence-corrected chi connectivity index (χ2v) is 3.63. The molecule has 0 atom stereocenters. The smallest absolute Gasteiger partial charge is 0.138 e. The Hall–Kier alpha value is -1.68. The minimum Gasteiger partial charge on any atom is -0.486 e. The summed E-state index contributed by atoms with van der Waals surface area (Å²) in [6, 6.07) is 7.69. The number of benzene rings is 1. The van der Waals surface area contributed by atoms with Crippen molar-refractivity contribution >= 4 is 28.0 Å². The third kappa shape index (κ3) is 2.22. The van der Waals surface area contributed by atoms with Crippen LogP contribution in [0.2, 0.25) is 0 Å². The van der Waals surface area contributed by atoms with Gasteiger partial charge in [0.15, 0.2) is 0 Å². The summed E-state index contributed by atoms with van der Waals surface area (Å²) in [5, 5.41) is 2.06. The Morgan fingerprint density at radius 1 is 1.40 bits per heavy atom. The van der Waals surface area contributed by atoms with Gasteiger partial charge in [-0.3, -0.25) is 4.98 Å². The molecule has 76 valence electrons. The first-order chi connectivity index (χ1) is 7.27. The van der Waals surface area contributed by atoms with Crippen molar-refractivity contribution in [3.05, 3.63) is 36.7 Å². The fraction of sp³-hybridized carbons (Fsp3) is 0.0909. The van der Waals surface area contributed by atoms with Gasteiger partial charge in [-0.1, -0.05) is 24.4 Å². The molecular weight excluding hydrogens is 208 g/mol. The molecule has 1 aromatic heterocycles. The number of nitrogens with zero attached hydrogens (tertiary/aromatic N) is 1. The average molecular weight is 218 g/mol. The maximum absolute atomic E-state index is 5.49. The van der Waals surface area contributed by atoms with Crippen LogP contribution in [0.15, 0.2) is 36.7 Å². The van der Waals surface area contributed by atoms with E-state index in [9.17, 15) is 0 Å². The summed E-state index contributed by atoms with van der Waals surface area (Å²) >= 11 is 4.76. The van der Waals surface area contributed by atoms with Crippen molar-refractivity contribution in [3.8, 4) is 5.75 Å². The van der Waals surface area contributed by atoms with E-state index in [1.165, 1.54) is 0 Å². The number of nitrogens with two attached hydrogens (primary N) is 1. The van der Waals surface area contributed by atoms with E-state index in [1.807, 2.05) is 24.3 Å². The van der Waals surface area contributed by atoms with E-state index in [4.69, 9.17) is 22.7 Å². The number of rotatable bonds is 3. The molecule has 3 nitrogen and oxygen atoms in total. The Bertz CT molecular complexity index is 493. The number of pyridine rings is 1. The maximum atomic E-state index is 5.49. The molecule has 0 spiro atoms. The van der Waals surface area contributed by atoms with Crippen LogP contribution in [0.5, 0.6) is 5.75 Å². The van der Waals surface area contributed by atoms with Gasteiger partial charge in [-0.15, -0.1) is 0 Å². The summed E-state index contributed by atoms with van der Waals surface area (Å²) in [6.07, 6.45) is 3.53. The van der Waals surface area contributed by atoms with E-state index in [0.717, 1.165) is 16.5 Å². The molecule has 1 aromatic carbocycles. The molecule has 0 saturated carbocycles. The molecule has 0 aliphatic heterocycles. The Morgan fingerprint density at radius 2 is 2.27 bits per heavy atom. The normalized spacial score (nSPS) is 10.1. The SMILES string of the molecule is NC(=S)COc1cccc2cnccc12. The van der Waals surface area contributed by atoms with Crippen LogP contribution in [0, 0.1) is 0 Å². The predicted octanol–water partition coefficient (Wildman–Crippen LogP) is 1.90. The summed E-state index contributed by atoms with van der Waals surface area (Å²) in [6.45, 7) is 0.261. The first-order valence-electron chi connectivity index (χ1n) is 4.51. The molecule has 0 fully saturated rings. The van der Waals surface area contributed by atoms with Crippen molar-refractivity contribution in [2.24, 2.45) is 5.73 Å². The molecule has 0 bridgehead atoms. The molecule has 1 heterocycles. The number of fused-ring (bicyclic) bond motifs is 1. The van der Waals surface area contributed by atoms with Crippen LogP contribution < -0.4 is 10.5 Å². The van der Waals surface area contributed by atoms with Crippen molar-refractivity contribution in [2.45, 2.75) is 0 Å². The van der Waals surface area contributed by atoms with Crippen LogP contribution in [0.1, 0.15) is 0 Å². The molecule has 0 saturated heterocycles. The molecule has 2 N–H and O–H groups in total. The highest BCUT2D eigenvalue weighted by molar-refractivity contribution is 7.80. The summed E-state index contributed by atoms with van der Waals surface area (Å²) in [5.41, 5.74) is 5.38. The van der Waals surface area contributed by atoms with Crippen molar-refractivity contribution in [3.63, 3.8) is 0 Å². The highest BCUT2D eigenvalue weighted by Gasteiger charge is 2.01. The van der Waals surface area contributed by atoms with Gasteiger partial charge >= 0.3 is 0 Å².